The normalized spacial score (nSPS) is 12.5. The molecule has 0 spiro atoms. The molecule has 3 aromatic rings. The highest BCUT2D eigenvalue weighted by atomic mass is 32.1. The first-order valence-corrected chi connectivity index (χ1v) is 7.51. The lowest BCUT2D eigenvalue weighted by atomic mass is 10.3. The lowest BCUT2D eigenvalue weighted by Crippen LogP contribution is -2.07. The second kappa shape index (κ2) is 5.54. The summed E-state index contributed by atoms with van der Waals surface area (Å²) < 4.78 is 0. The molecule has 0 fully saturated rings. The Hall–Kier alpha value is -2.01. The first-order chi connectivity index (χ1) is 9.76. The van der Waals surface area contributed by atoms with E-state index >= 15 is 0 Å². The molecular weight excluding hydrogens is 268 g/mol. The first kappa shape index (κ1) is 13.0. The van der Waals surface area contributed by atoms with Gasteiger partial charge in [-0.3, -0.25) is 4.98 Å². The van der Waals surface area contributed by atoms with Gasteiger partial charge in [0.05, 0.1) is 23.3 Å². The number of fused-ring (bicyclic) bond motifs is 1. The molecule has 0 aliphatic rings. The molecule has 4 nitrogen and oxygen atoms in total. The highest BCUT2D eigenvalue weighted by molar-refractivity contribution is 7.11. The Bertz CT molecular complexity index is 722. The van der Waals surface area contributed by atoms with Crippen molar-refractivity contribution in [2.75, 3.05) is 5.32 Å². The monoisotopic (exact) mass is 284 g/mol. The lowest BCUT2D eigenvalue weighted by Gasteiger charge is -2.11. The van der Waals surface area contributed by atoms with Crippen molar-refractivity contribution >= 4 is 28.2 Å². The quantitative estimate of drug-likeness (QED) is 0.791. The average Bonchev–Trinajstić information content (AvgIpc) is 2.96. The molecule has 3 rings (SSSR count). The molecule has 1 unspecified atom stereocenters. The highest BCUT2D eigenvalue weighted by Gasteiger charge is 2.11. The number of nitrogens with zero attached hydrogens (tertiary/aromatic N) is 3. The summed E-state index contributed by atoms with van der Waals surface area (Å²) in [5.41, 5.74) is 1.81. The summed E-state index contributed by atoms with van der Waals surface area (Å²) in [6, 6.07) is 8.00. The molecule has 1 N–H and O–H groups in total. The standard InChI is InChI=1S/C15H16N4S/c1-3-11-8-17-15(20-11)10(2)18-14-9-16-12-6-4-5-7-13(12)19-14/h4-10H,3H2,1-2H3,(H,18,19). The number of aromatic nitrogens is 3. The van der Waals surface area contributed by atoms with Gasteiger partial charge in [0.25, 0.3) is 0 Å². The predicted octanol–water partition coefficient (Wildman–Crippen LogP) is 3.82. The Morgan fingerprint density at radius 1 is 1.15 bits per heavy atom. The Kier molecular flexibility index (Phi) is 3.60. The fraction of sp³-hybridized carbons (Fsp3) is 0.267. The third kappa shape index (κ3) is 2.63. The maximum absolute atomic E-state index is 4.57. The van der Waals surface area contributed by atoms with Gasteiger partial charge in [-0.1, -0.05) is 19.1 Å². The second-order valence-corrected chi connectivity index (χ2v) is 5.78. The molecule has 20 heavy (non-hydrogen) atoms. The van der Waals surface area contributed by atoms with E-state index in [4.69, 9.17) is 0 Å². The minimum Gasteiger partial charge on any atom is -0.360 e. The molecule has 0 saturated heterocycles. The SMILES string of the molecule is CCc1cnc(C(C)Nc2cnc3ccccc3n2)s1. The number of nitrogens with one attached hydrogen (secondary N) is 1. The summed E-state index contributed by atoms with van der Waals surface area (Å²) in [6.07, 6.45) is 4.75. The van der Waals surface area contributed by atoms with E-state index in [0.29, 0.717) is 0 Å². The van der Waals surface area contributed by atoms with Crippen LogP contribution in [0.5, 0.6) is 0 Å². The molecule has 1 atom stereocenters. The van der Waals surface area contributed by atoms with Gasteiger partial charge in [-0.2, -0.15) is 0 Å². The predicted molar refractivity (Wildman–Crippen MR) is 83.1 cm³/mol. The van der Waals surface area contributed by atoms with Crippen LogP contribution in [0.25, 0.3) is 11.0 Å². The lowest BCUT2D eigenvalue weighted by molar-refractivity contribution is 0.860. The number of benzene rings is 1. The van der Waals surface area contributed by atoms with Gasteiger partial charge < -0.3 is 5.32 Å². The van der Waals surface area contributed by atoms with Crippen molar-refractivity contribution in [2.45, 2.75) is 26.3 Å². The molecule has 2 aromatic heterocycles. The number of thiazole rings is 1. The average molecular weight is 284 g/mol. The van der Waals surface area contributed by atoms with Crippen molar-refractivity contribution in [1.29, 1.82) is 0 Å². The molecule has 102 valence electrons. The zero-order chi connectivity index (χ0) is 13.9. The van der Waals surface area contributed by atoms with Gasteiger partial charge in [-0.05, 0) is 25.5 Å². The molecule has 0 bridgehead atoms. The number of anilines is 1. The third-order valence-corrected chi connectivity index (χ3v) is 4.43. The molecule has 0 saturated carbocycles. The molecule has 0 aliphatic heterocycles. The molecular formula is C15H16N4S. The Morgan fingerprint density at radius 2 is 1.95 bits per heavy atom. The Balaban J connectivity index is 1.81. The van der Waals surface area contributed by atoms with Crippen molar-refractivity contribution in [3.63, 3.8) is 0 Å². The van der Waals surface area contributed by atoms with E-state index < -0.39 is 0 Å². The fourth-order valence-electron chi connectivity index (χ4n) is 2.00. The summed E-state index contributed by atoms with van der Waals surface area (Å²) in [5, 5.41) is 4.44. The largest absolute Gasteiger partial charge is 0.360 e. The summed E-state index contributed by atoms with van der Waals surface area (Å²) in [5.74, 6) is 0.782. The van der Waals surface area contributed by atoms with E-state index in [9.17, 15) is 0 Å². The Labute approximate surface area is 121 Å². The van der Waals surface area contributed by atoms with E-state index in [1.54, 1.807) is 17.5 Å². The fourth-order valence-corrected chi connectivity index (χ4v) is 2.86. The van der Waals surface area contributed by atoms with Crippen LogP contribution in [-0.4, -0.2) is 15.0 Å². The minimum absolute atomic E-state index is 0.135. The van der Waals surface area contributed by atoms with Crippen LogP contribution in [-0.2, 0) is 6.42 Å². The topological polar surface area (TPSA) is 50.7 Å². The molecule has 0 aliphatic carbocycles. The third-order valence-electron chi connectivity index (χ3n) is 3.10. The zero-order valence-corrected chi connectivity index (χ0v) is 12.3. The van der Waals surface area contributed by atoms with Crippen LogP contribution in [0.3, 0.4) is 0 Å². The van der Waals surface area contributed by atoms with Gasteiger partial charge >= 0.3 is 0 Å². The minimum atomic E-state index is 0.135. The van der Waals surface area contributed by atoms with Crippen molar-refractivity contribution in [3.8, 4) is 0 Å². The van der Waals surface area contributed by atoms with Crippen molar-refractivity contribution in [2.24, 2.45) is 0 Å². The number of rotatable bonds is 4. The van der Waals surface area contributed by atoms with Gasteiger partial charge in [-0.25, -0.2) is 9.97 Å². The summed E-state index contributed by atoms with van der Waals surface area (Å²) in [7, 11) is 0. The summed E-state index contributed by atoms with van der Waals surface area (Å²) in [6.45, 7) is 4.24. The van der Waals surface area contributed by atoms with Gasteiger partial charge in [-0.15, -0.1) is 11.3 Å². The van der Waals surface area contributed by atoms with Crippen LogP contribution in [0.1, 0.15) is 29.8 Å². The van der Waals surface area contributed by atoms with Gasteiger partial charge in [0, 0.05) is 11.1 Å². The molecule has 0 amide bonds. The molecule has 0 radical (unpaired) electrons. The van der Waals surface area contributed by atoms with Crippen molar-refractivity contribution < 1.29 is 0 Å². The first-order valence-electron chi connectivity index (χ1n) is 6.69. The summed E-state index contributed by atoms with van der Waals surface area (Å²) >= 11 is 1.74. The number of hydrogen-bond acceptors (Lipinski definition) is 5. The molecule has 1 aromatic carbocycles. The number of hydrogen-bond donors (Lipinski definition) is 1. The van der Waals surface area contributed by atoms with Crippen molar-refractivity contribution in [3.05, 3.63) is 46.5 Å². The van der Waals surface area contributed by atoms with Crippen LogP contribution >= 0.6 is 11.3 Å². The maximum Gasteiger partial charge on any atom is 0.145 e. The summed E-state index contributed by atoms with van der Waals surface area (Å²) in [4.78, 5) is 14.7. The van der Waals surface area contributed by atoms with Gasteiger partial charge in [0.15, 0.2) is 0 Å². The maximum atomic E-state index is 4.57. The van der Waals surface area contributed by atoms with Crippen LogP contribution in [0.15, 0.2) is 36.7 Å². The van der Waals surface area contributed by atoms with E-state index in [1.807, 2.05) is 30.5 Å². The van der Waals surface area contributed by atoms with Crippen molar-refractivity contribution in [1.82, 2.24) is 15.0 Å². The smallest absolute Gasteiger partial charge is 0.145 e. The van der Waals surface area contributed by atoms with E-state index in [0.717, 1.165) is 28.3 Å². The van der Waals surface area contributed by atoms with Crippen LogP contribution in [0, 0.1) is 0 Å². The van der Waals surface area contributed by atoms with Crippen LogP contribution < -0.4 is 5.32 Å². The second-order valence-electron chi connectivity index (χ2n) is 4.63. The van der Waals surface area contributed by atoms with Crippen LogP contribution in [0.4, 0.5) is 5.82 Å². The van der Waals surface area contributed by atoms with E-state index in [2.05, 4.69) is 34.1 Å². The van der Waals surface area contributed by atoms with Gasteiger partial charge in [0.1, 0.15) is 10.8 Å². The molecule has 2 heterocycles. The van der Waals surface area contributed by atoms with E-state index in [-0.39, 0.29) is 6.04 Å². The highest BCUT2D eigenvalue weighted by Crippen LogP contribution is 2.23. The zero-order valence-electron chi connectivity index (χ0n) is 11.5. The van der Waals surface area contributed by atoms with Gasteiger partial charge in [0.2, 0.25) is 0 Å². The van der Waals surface area contributed by atoms with E-state index in [1.165, 1.54) is 4.88 Å². The Morgan fingerprint density at radius 3 is 2.70 bits per heavy atom. The number of para-hydroxylation sites is 2. The number of aryl methyl sites for hydroxylation is 1. The van der Waals surface area contributed by atoms with Crippen LogP contribution in [0.2, 0.25) is 0 Å². The molecule has 5 heteroatoms.